The molecule has 7 heteroatoms. The molecule has 4 rings (SSSR count). The quantitative estimate of drug-likeness (QED) is 0.725. The highest BCUT2D eigenvalue weighted by Gasteiger charge is 2.34. The molecular formula is C22H23N5O2. The number of hydrogen-bond donors (Lipinski definition) is 2. The van der Waals surface area contributed by atoms with Crippen LogP contribution in [0.2, 0.25) is 0 Å². The predicted octanol–water partition coefficient (Wildman–Crippen LogP) is 1.81. The fraction of sp³-hybridized carbons (Fsp3) is 0.364. The zero-order valence-electron chi connectivity index (χ0n) is 16.3. The number of nitrogens with one attached hydrogen (secondary N) is 2. The van der Waals surface area contributed by atoms with E-state index in [1.807, 2.05) is 42.6 Å². The lowest BCUT2D eigenvalue weighted by atomic mass is 9.84. The predicted molar refractivity (Wildman–Crippen MR) is 108 cm³/mol. The highest BCUT2D eigenvalue weighted by molar-refractivity contribution is 5.93. The van der Waals surface area contributed by atoms with Crippen LogP contribution in [0.4, 0.5) is 0 Å². The fourth-order valence-corrected chi connectivity index (χ4v) is 3.57. The molecular weight excluding hydrogens is 366 g/mol. The number of nitriles is 1. The third kappa shape index (κ3) is 4.21. The molecule has 0 radical (unpaired) electrons. The van der Waals surface area contributed by atoms with E-state index in [0.29, 0.717) is 5.82 Å². The Balaban J connectivity index is 1.50. The van der Waals surface area contributed by atoms with Crippen molar-refractivity contribution in [1.29, 1.82) is 5.26 Å². The molecule has 148 valence electrons. The first-order valence-electron chi connectivity index (χ1n) is 9.79. The first-order chi connectivity index (χ1) is 14.0. The minimum absolute atomic E-state index is 0.0408. The lowest BCUT2D eigenvalue weighted by Gasteiger charge is -2.25. The maximum atomic E-state index is 12.1. The van der Waals surface area contributed by atoms with E-state index in [1.165, 1.54) is 4.90 Å². The van der Waals surface area contributed by atoms with E-state index < -0.39 is 0 Å². The monoisotopic (exact) mass is 389 g/mol. The molecule has 1 aromatic carbocycles. The number of nitrogens with zero attached hydrogens (tertiary/aromatic N) is 3. The van der Waals surface area contributed by atoms with Gasteiger partial charge in [-0.25, -0.2) is 4.99 Å². The van der Waals surface area contributed by atoms with Gasteiger partial charge in [0, 0.05) is 24.8 Å². The standard InChI is InChI=1S/C22H23N5O2/c1-27(11-9-23)20(28)12-14-2-4-15(5-3-14)18-13-19(26-22(29)16-6-7-16)25-21-17(18)8-10-24-21/h2-5,8,10,13,16-18H,6-7,11-12H2,1H3,(H,24,25)(H,26,29). The van der Waals surface area contributed by atoms with Crippen LogP contribution in [-0.4, -0.2) is 36.1 Å². The number of hydrogen-bond acceptors (Lipinski definition) is 5. The molecule has 0 aromatic heterocycles. The van der Waals surface area contributed by atoms with Crippen molar-refractivity contribution in [1.82, 2.24) is 15.5 Å². The van der Waals surface area contributed by atoms with Crippen molar-refractivity contribution in [3.05, 3.63) is 59.6 Å². The van der Waals surface area contributed by atoms with Crippen LogP contribution in [0.25, 0.3) is 0 Å². The number of rotatable bonds is 6. The van der Waals surface area contributed by atoms with Gasteiger partial charge < -0.3 is 15.5 Å². The number of aliphatic imine (C=N–C) groups is 1. The maximum absolute atomic E-state index is 12.1. The molecule has 1 fully saturated rings. The topological polar surface area (TPSA) is 97.6 Å². The van der Waals surface area contributed by atoms with Crippen molar-refractivity contribution in [2.75, 3.05) is 13.6 Å². The summed E-state index contributed by atoms with van der Waals surface area (Å²) in [5, 5.41) is 14.8. The second-order valence-electron chi connectivity index (χ2n) is 7.69. The summed E-state index contributed by atoms with van der Waals surface area (Å²) in [6.45, 7) is 0.0856. The van der Waals surface area contributed by atoms with Crippen LogP contribution < -0.4 is 10.6 Å². The van der Waals surface area contributed by atoms with E-state index in [4.69, 9.17) is 5.26 Å². The number of likely N-dealkylation sites (N-methyl/N-ethyl adjacent to an activating group) is 1. The van der Waals surface area contributed by atoms with Gasteiger partial charge in [-0.05, 0) is 36.2 Å². The first-order valence-corrected chi connectivity index (χ1v) is 9.79. The summed E-state index contributed by atoms with van der Waals surface area (Å²) in [6, 6.07) is 9.91. The highest BCUT2D eigenvalue weighted by atomic mass is 16.2. The Kier molecular flexibility index (Phi) is 5.17. The Morgan fingerprint density at radius 2 is 2.03 bits per heavy atom. The highest BCUT2D eigenvalue weighted by Crippen LogP contribution is 2.35. The summed E-state index contributed by atoms with van der Waals surface area (Å²) in [6.07, 6.45) is 8.13. The van der Waals surface area contributed by atoms with Crippen LogP contribution in [0.1, 0.15) is 29.9 Å². The molecule has 2 heterocycles. The Hall–Kier alpha value is -3.40. The van der Waals surface area contributed by atoms with Gasteiger partial charge in [0.05, 0.1) is 12.5 Å². The molecule has 2 amide bonds. The smallest absolute Gasteiger partial charge is 0.228 e. The van der Waals surface area contributed by atoms with Gasteiger partial charge in [0.25, 0.3) is 0 Å². The van der Waals surface area contributed by atoms with Crippen LogP contribution in [-0.2, 0) is 16.0 Å². The number of fused-ring (bicyclic) bond motifs is 1. The summed E-state index contributed by atoms with van der Waals surface area (Å²) in [4.78, 5) is 30.3. The van der Waals surface area contributed by atoms with Crippen molar-refractivity contribution in [3.63, 3.8) is 0 Å². The van der Waals surface area contributed by atoms with Crippen LogP contribution in [0.3, 0.4) is 0 Å². The van der Waals surface area contributed by atoms with Crippen LogP contribution in [0.5, 0.6) is 0 Å². The van der Waals surface area contributed by atoms with E-state index >= 15 is 0 Å². The molecule has 1 aliphatic carbocycles. The molecule has 7 nitrogen and oxygen atoms in total. The van der Waals surface area contributed by atoms with Gasteiger partial charge in [-0.15, -0.1) is 0 Å². The molecule has 1 saturated carbocycles. The van der Waals surface area contributed by atoms with Crippen molar-refractivity contribution in [3.8, 4) is 6.07 Å². The zero-order chi connectivity index (χ0) is 20.4. The SMILES string of the molecule is CN(CC#N)C(=O)Cc1ccc(C2C=C(NC(=O)C3CC3)N=C3NC=CC32)cc1. The van der Waals surface area contributed by atoms with E-state index in [9.17, 15) is 9.59 Å². The average Bonchev–Trinajstić information content (AvgIpc) is 3.46. The van der Waals surface area contributed by atoms with Gasteiger partial charge >= 0.3 is 0 Å². The fourth-order valence-electron chi connectivity index (χ4n) is 3.57. The summed E-state index contributed by atoms with van der Waals surface area (Å²) in [5.74, 6) is 1.66. The Labute approximate surface area is 169 Å². The number of allylic oxidation sites excluding steroid dienone is 1. The minimum atomic E-state index is -0.0840. The lowest BCUT2D eigenvalue weighted by Crippen LogP contribution is -2.32. The third-order valence-electron chi connectivity index (χ3n) is 5.47. The number of carbonyl (C=O) groups is 2. The zero-order valence-corrected chi connectivity index (χ0v) is 16.3. The Morgan fingerprint density at radius 3 is 2.72 bits per heavy atom. The normalized spacial score (nSPS) is 21.9. The third-order valence-corrected chi connectivity index (χ3v) is 5.47. The largest absolute Gasteiger partial charge is 0.350 e. The van der Waals surface area contributed by atoms with Crippen LogP contribution in [0.15, 0.2) is 53.4 Å². The van der Waals surface area contributed by atoms with Crippen molar-refractivity contribution >= 4 is 17.6 Å². The lowest BCUT2D eigenvalue weighted by molar-refractivity contribution is -0.128. The molecule has 0 spiro atoms. The molecule has 29 heavy (non-hydrogen) atoms. The first kappa shape index (κ1) is 18.9. The number of amidine groups is 1. The Bertz CT molecular complexity index is 950. The average molecular weight is 389 g/mol. The van der Waals surface area contributed by atoms with Gasteiger partial charge in [0.15, 0.2) is 0 Å². The molecule has 0 saturated heterocycles. The van der Waals surface area contributed by atoms with Crippen molar-refractivity contribution < 1.29 is 9.59 Å². The molecule has 2 N–H and O–H groups in total. The van der Waals surface area contributed by atoms with E-state index in [0.717, 1.165) is 29.8 Å². The Morgan fingerprint density at radius 1 is 1.28 bits per heavy atom. The summed E-state index contributed by atoms with van der Waals surface area (Å²) >= 11 is 0. The van der Waals surface area contributed by atoms with Crippen molar-refractivity contribution in [2.24, 2.45) is 16.8 Å². The second-order valence-corrected chi connectivity index (χ2v) is 7.69. The molecule has 1 aromatic rings. The summed E-state index contributed by atoms with van der Waals surface area (Å²) < 4.78 is 0. The molecule has 2 atom stereocenters. The molecule has 3 aliphatic rings. The number of amides is 2. The van der Waals surface area contributed by atoms with Gasteiger partial charge in [-0.3, -0.25) is 9.59 Å². The van der Waals surface area contributed by atoms with E-state index in [1.54, 1.807) is 7.05 Å². The van der Waals surface area contributed by atoms with Gasteiger partial charge in [0.1, 0.15) is 18.2 Å². The maximum Gasteiger partial charge on any atom is 0.228 e. The van der Waals surface area contributed by atoms with Gasteiger partial charge in [-0.1, -0.05) is 30.3 Å². The van der Waals surface area contributed by atoms with Crippen LogP contribution in [0, 0.1) is 23.2 Å². The summed E-state index contributed by atoms with van der Waals surface area (Å²) in [7, 11) is 1.63. The minimum Gasteiger partial charge on any atom is -0.350 e. The molecule has 0 bridgehead atoms. The second kappa shape index (κ2) is 7.92. The molecule has 2 aliphatic heterocycles. The number of benzene rings is 1. The van der Waals surface area contributed by atoms with Crippen LogP contribution >= 0.6 is 0 Å². The number of carbonyl (C=O) groups excluding carboxylic acids is 2. The molecule has 2 unspecified atom stereocenters. The van der Waals surface area contributed by atoms with Gasteiger partial charge in [-0.2, -0.15) is 5.26 Å². The van der Waals surface area contributed by atoms with Crippen molar-refractivity contribution in [2.45, 2.75) is 25.2 Å². The van der Waals surface area contributed by atoms with E-state index in [-0.39, 0.29) is 42.5 Å². The van der Waals surface area contributed by atoms with Gasteiger partial charge in [0.2, 0.25) is 11.8 Å². The van der Waals surface area contributed by atoms with E-state index in [2.05, 4.69) is 21.7 Å². The summed E-state index contributed by atoms with van der Waals surface area (Å²) in [5.41, 5.74) is 2.00.